The first-order chi connectivity index (χ1) is 9.11. The maximum atomic E-state index is 5.96. The van der Waals surface area contributed by atoms with Crippen LogP contribution in [0.25, 0.3) is 11.4 Å². The van der Waals surface area contributed by atoms with Crippen molar-refractivity contribution in [3.8, 4) is 11.4 Å². The van der Waals surface area contributed by atoms with Gasteiger partial charge in [0.05, 0.1) is 6.04 Å². The summed E-state index contributed by atoms with van der Waals surface area (Å²) in [5.74, 6) is 1.65. The van der Waals surface area contributed by atoms with Crippen molar-refractivity contribution in [3.63, 3.8) is 0 Å². The van der Waals surface area contributed by atoms with E-state index in [9.17, 15) is 0 Å². The lowest BCUT2D eigenvalue weighted by Crippen LogP contribution is -2.09. The molecule has 1 aromatic heterocycles. The van der Waals surface area contributed by atoms with Crippen LogP contribution in [0, 0.1) is 0 Å². The van der Waals surface area contributed by atoms with Gasteiger partial charge in [0.2, 0.25) is 11.7 Å². The Morgan fingerprint density at radius 3 is 2.47 bits per heavy atom. The monoisotopic (exact) mass is 259 g/mol. The first-order valence-corrected chi connectivity index (χ1v) is 6.81. The summed E-state index contributed by atoms with van der Waals surface area (Å²) in [5, 5.41) is 4.00. The van der Waals surface area contributed by atoms with Gasteiger partial charge >= 0.3 is 0 Å². The van der Waals surface area contributed by atoms with Crippen LogP contribution in [0.4, 0.5) is 0 Å². The summed E-state index contributed by atoms with van der Waals surface area (Å²) in [5.41, 5.74) is 8.23. The van der Waals surface area contributed by atoms with Crippen molar-refractivity contribution in [1.29, 1.82) is 0 Å². The molecule has 0 aliphatic heterocycles. The Balaban J connectivity index is 2.18. The highest BCUT2D eigenvalue weighted by Gasteiger charge is 2.14. The van der Waals surface area contributed by atoms with Crippen molar-refractivity contribution in [2.24, 2.45) is 5.73 Å². The average Bonchev–Trinajstić information content (AvgIpc) is 2.89. The van der Waals surface area contributed by atoms with Crippen molar-refractivity contribution >= 4 is 0 Å². The van der Waals surface area contributed by atoms with Crippen LogP contribution in [0.1, 0.15) is 57.0 Å². The van der Waals surface area contributed by atoms with Gasteiger partial charge in [0.15, 0.2) is 0 Å². The summed E-state index contributed by atoms with van der Waals surface area (Å²) < 4.78 is 5.22. The van der Waals surface area contributed by atoms with Crippen molar-refractivity contribution in [1.82, 2.24) is 10.1 Å². The van der Waals surface area contributed by atoms with E-state index in [1.807, 2.05) is 12.1 Å². The van der Waals surface area contributed by atoms with Crippen LogP contribution >= 0.6 is 0 Å². The van der Waals surface area contributed by atoms with Gasteiger partial charge in [-0.3, -0.25) is 0 Å². The normalized spacial score (nSPS) is 12.9. The molecule has 0 aliphatic carbocycles. The molecule has 0 fully saturated rings. The van der Waals surface area contributed by atoms with Crippen LogP contribution in [-0.2, 0) is 0 Å². The van der Waals surface area contributed by atoms with E-state index in [-0.39, 0.29) is 6.04 Å². The molecule has 19 heavy (non-hydrogen) atoms. The maximum absolute atomic E-state index is 5.96. The lowest BCUT2D eigenvalue weighted by Gasteiger charge is -2.04. The Bertz CT molecular complexity index is 516. The number of rotatable bonds is 5. The molecule has 0 amide bonds. The molecule has 1 heterocycles. The predicted octanol–water partition coefficient (Wildman–Crippen LogP) is 3.66. The molecule has 2 aromatic rings. The molecule has 0 radical (unpaired) electrons. The highest BCUT2D eigenvalue weighted by molar-refractivity contribution is 5.54. The third kappa shape index (κ3) is 3.20. The van der Waals surface area contributed by atoms with Gasteiger partial charge in [-0.1, -0.05) is 56.6 Å². The summed E-state index contributed by atoms with van der Waals surface area (Å²) in [6.45, 7) is 6.43. The molecule has 4 heteroatoms. The molecule has 0 saturated heterocycles. The largest absolute Gasteiger partial charge is 0.337 e. The standard InChI is InChI=1S/C15H21N3O/c1-4-5-13(16)15-17-14(18-19-15)12-8-6-11(7-9-12)10(2)3/h6-10,13H,4-5,16H2,1-3H3/t13-/m1/s1. The van der Waals surface area contributed by atoms with Crippen LogP contribution in [-0.4, -0.2) is 10.1 Å². The van der Waals surface area contributed by atoms with Gasteiger partial charge in [-0.2, -0.15) is 4.98 Å². The van der Waals surface area contributed by atoms with E-state index >= 15 is 0 Å². The molecule has 2 rings (SSSR count). The summed E-state index contributed by atoms with van der Waals surface area (Å²) >= 11 is 0. The molecule has 102 valence electrons. The highest BCUT2D eigenvalue weighted by Crippen LogP contribution is 2.22. The average molecular weight is 259 g/mol. The van der Waals surface area contributed by atoms with Crippen molar-refractivity contribution in [2.75, 3.05) is 0 Å². The van der Waals surface area contributed by atoms with Gasteiger partial charge in [0, 0.05) is 5.56 Å². The SMILES string of the molecule is CCC[C@@H](N)c1nc(-c2ccc(C(C)C)cc2)no1. The Morgan fingerprint density at radius 2 is 1.89 bits per heavy atom. The summed E-state index contributed by atoms with van der Waals surface area (Å²) in [4.78, 5) is 4.37. The zero-order valence-corrected chi connectivity index (χ0v) is 11.8. The van der Waals surface area contributed by atoms with E-state index in [0.29, 0.717) is 17.6 Å². The van der Waals surface area contributed by atoms with E-state index in [2.05, 4.69) is 43.0 Å². The van der Waals surface area contributed by atoms with Crippen LogP contribution in [0.5, 0.6) is 0 Å². The van der Waals surface area contributed by atoms with E-state index in [1.54, 1.807) is 0 Å². The number of nitrogens with zero attached hydrogens (tertiary/aromatic N) is 2. The van der Waals surface area contributed by atoms with Gasteiger partial charge < -0.3 is 10.3 Å². The third-order valence-corrected chi connectivity index (χ3v) is 3.19. The van der Waals surface area contributed by atoms with E-state index in [0.717, 1.165) is 18.4 Å². The van der Waals surface area contributed by atoms with Crippen LogP contribution in [0.15, 0.2) is 28.8 Å². The zero-order valence-electron chi connectivity index (χ0n) is 11.8. The minimum atomic E-state index is -0.166. The van der Waals surface area contributed by atoms with Gasteiger partial charge in [-0.25, -0.2) is 0 Å². The van der Waals surface area contributed by atoms with Crippen LogP contribution in [0.2, 0.25) is 0 Å². The Labute approximate surface area is 114 Å². The zero-order chi connectivity index (χ0) is 13.8. The van der Waals surface area contributed by atoms with Crippen molar-refractivity contribution in [2.45, 2.75) is 45.6 Å². The molecule has 0 aliphatic rings. The van der Waals surface area contributed by atoms with Crippen LogP contribution in [0.3, 0.4) is 0 Å². The first kappa shape index (κ1) is 13.7. The fourth-order valence-corrected chi connectivity index (χ4v) is 1.95. The van der Waals surface area contributed by atoms with Crippen LogP contribution < -0.4 is 5.73 Å². The third-order valence-electron chi connectivity index (χ3n) is 3.19. The van der Waals surface area contributed by atoms with Crippen molar-refractivity contribution in [3.05, 3.63) is 35.7 Å². The molecular formula is C15H21N3O. The number of hydrogen-bond donors (Lipinski definition) is 1. The lowest BCUT2D eigenvalue weighted by atomic mass is 10.0. The van der Waals surface area contributed by atoms with Crippen molar-refractivity contribution < 1.29 is 4.52 Å². The van der Waals surface area contributed by atoms with E-state index < -0.39 is 0 Å². The maximum Gasteiger partial charge on any atom is 0.243 e. The molecule has 0 saturated carbocycles. The number of hydrogen-bond acceptors (Lipinski definition) is 4. The molecular weight excluding hydrogens is 238 g/mol. The quantitative estimate of drug-likeness (QED) is 0.890. The van der Waals surface area contributed by atoms with Gasteiger partial charge in [0.25, 0.3) is 0 Å². The minimum Gasteiger partial charge on any atom is -0.337 e. The summed E-state index contributed by atoms with van der Waals surface area (Å²) in [6, 6.07) is 8.08. The molecule has 4 nitrogen and oxygen atoms in total. The smallest absolute Gasteiger partial charge is 0.243 e. The Kier molecular flexibility index (Phi) is 4.32. The second kappa shape index (κ2) is 5.97. The number of nitrogens with two attached hydrogens (primary N) is 1. The second-order valence-corrected chi connectivity index (χ2v) is 5.13. The van der Waals surface area contributed by atoms with E-state index in [1.165, 1.54) is 5.56 Å². The molecule has 1 aromatic carbocycles. The fraction of sp³-hybridized carbons (Fsp3) is 0.467. The summed E-state index contributed by atoms with van der Waals surface area (Å²) in [6.07, 6.45) is 1.86. The number of benzene rings is 1. The Morgan fingerprint density at radius 1 is 1.21 bits per heavy atom. The Hall–Kier alpha value is -1.68. The highest BCUT2D eigenvalue weighted by atomic mass is 16.5. The molecule has 2 N–H and O–H groups in total. The number of aromatic nitrogens is 2. The molecule has 1 atom stereocenters. The summed E-state index contributed by atoms with van der Waals surface area (Å²) in [7, 11) is 0. The molecule has 0 spiro atoms. The topological polar surface area (TPSA) is 64.9 Å². The lowest BCUT2D eigenvalue weighted by molar-refractivity contribution is 0.348. The fourth-order valence-electron chi connectivity index (χ4n) is 1.95. The molecule has 0 bridgehead atoms. The molecule has 0 unspecified atom stereocenters. The first-order valence-electron chi connectivity index (χ1n) is 6.81. The van der Waals surface area contributed by atoms with Gasteiger partial charge in [0.1, 0.15) is 0 Å². The predicted molar refractivity (Wildman–Crippen MR) is 75.7 cm³/mol. The second-order valence-electron chi connectivity index (χ2n) is 5.13. The van der Waals surface area contributed by atoms with Gasteiger partial charge in [-0.15, -0.1) is 0 Å². The minimum absolute atomic E-state index is 0.166. The van der Waals surface area contributed by atoms with E-state index in [4.69, 9.17) is 10.3 Å². The van der Waals surface area contributed by atoms with Gasteiger partial charge in [-0.05, 0) is 17.9 Å².